The van der Waals surface area contributed by atoms with Crippen molar-refractivity contribution < 1.29 is 27.5 Å². The Morgan fingerprint density at radius 3 is 2.12 bits per heavy atom. The number of hydrogen-bond donors (Lipinski definition) is 0. The summed E-state index contributed by atoms with van der Waals surface area (Å²) in [6.07, 6.45) is 0. The molecular weight excluding hydrogens is 434 g/mol. The molecule has 2 aromatic carbocycles. The van der Waals surface area contributed by atoms with Gasteiger partial charge in [0.15, 0.2) is 5.57 Å². The molecule has 2 rings (SSSR count). The summed E-state index contributed by atoms with van der Waals surface area (Å²) in [4.78, 5) is 12.7. The highest BCUT2D eigenvalue weighted by atomic mass is 31.2. The van der Waals surface area contributed by atoms with Gasteiger partial charge >= 0.3 is 13.7 Å². The third kappa shape index (κ3) is 6.04. The van der Waals surface area contributed by atoms with Crippen molar-refractivity contribution in [3.63, 3.8) is 0 Å². The molecule has 0 unspecified atom stereocenters. The molecule has 0 aromatic heterocycles. The maximum absolute atomic E-state index is 15.0. The van der Waals surface area contributed by atoms with Gasteiger partial charge in [-0.1, -0.05) is 42.5 Å². The van der Waals surface area contributed by atoms with E-state index in [1.165, 1.54) is 18.2 Å². The highest BCUT2D eigenvalue weighted by Gasteiger charge is 2.39. The van der Waals surface area contributed by atoms with E-state index in [9.17, 15) is 19.0 Å². The average molecular weight is 460 g/mol. The van der Waals surface area contributed by atoms with E-state index in [2.05, 4.69) is 0 Å². The number of nitriles is 1. The molecule has 0 aliphatic rings. The van der Waals surface area contributed by atoms with Crippen LogP contribution in [0, 0.1) is 17.1 Å². The summed E-state index contributed by atoms with van der Waals surface area (Å²) < 4.78 is 46.1. The number of carbonyl (C=O) groups is 1. The van der Waals surface area contributed by atoms with E-state index in [0.717, 1.165) is 4.67 Å². The minimum absolute atomic E-state index is 0.00182. The van der Waals surface area contributed by atoms with Gasteiger partial charge in [0.2, 0.25) is 0 Å². The zero-order chi connectivity index (χ0) is 23.6. The van der Waals surface area contributed by atoms with E-state index in [4.69, 9.17) is 13.8 Å². The van der Waals surface area contributed by atoms with Gasteiger partial charge in [0.05, 0.1) is 32.1 Å². The minimum Gasteiger partial charge on any atom is -0.462 e. The van der Waals surface area contributed by atoms with Gasteiger partial charge in [0.25, 0.3) is 0 Å². The number of nitrogens with zero attached hydrogens (tertiary/aromatic N) is 2. The first-order chi connectivity index (χ1) is 15.4. The standard InChI is InChI=1S/C23H26FN2O5P/c1-4-29-23(27)20(16-25)22(19-14-10-11-15-21(19)24)26(17-18-12-8-7-9-13-18)32(28,30-5-2)31-6-3/h7-15H,4-6,17H2,1-3H3. The molecule has 0 bridgehead atoms. The van der Waals surface area contributed by atoms with Crippen molar-refractivity contribution in [2.45, 2.75) is 27.3 Å². The van der Waals surface area contributed by atoms with Crippen LogP contribution in [-0.4, -0.2) is 30.5 Å². The topological polar surface area (TPSA) is 88.9 Å². The molecule has 170 valence electrons. The van der Waals surface area contributed by atoms with Crippen molar-refractivity contribution in [2.75, 3.05) is 19.8 Å². The number of hydrogen-bond acceptors (Lipinski definition) is 6. The van der Waals surface area contributed by atoms with E-state index in [1.54, 1.807) is 57.2 Å². The maximum atomic E-state index is 15.0. The largest absolute Gasteiger partial charge is 0.462 e. The normalized spacial score (nSPS) is 12.0. The highest BCUT2D eigenvalue weighted by molar-refractivity contribution is 7.51. The predicted molar refractivity (Wildman–Crippen MR) is 118 cm³/mol. The first-order valence-electron chi connectivity index (χ1n) is 10.2. The van der Waals surface area contributed by atoms with E-state index >= 15 is 0 Å². The van der Waals surface area contributed by atoms with Gasteiger partial charge in [-0.3, -0.25) is 13.7 Å². The van der Waals surface area contributed by atoms with E-state index in [-0.39, 0.29) is 37.6 Å². The molecule has 0 heterocycles. The van der Waals surface area contributed by atoms with Crippen LogP contribution in [0.5, 0.6) is 0 Å². The van der Waals surface area contributed by atoms with Gasteiger partial charge < -0.3 is 4.74 Å². The van der Waals surface area contributed by atoms with Gasteiger partial charge in [0.1, 0.15) is 11.9 Å². The molecule has 0 aliphatic carbocycles. The Morgan fingerprint density at radius 2 is 1.59 bits per heavy atom. The monoisotopic (exact) mass is 460 g/mol. The zero-order valence-corrected chi connectivity index (χ0v) is 19.2. The molecule has 32 heavy (non-hydrogen) atoms. The van der Waals surface area contributed by atoms with Crippen molar-refractivity contribution in [3.8, 4) is 6.07 Å². The SMILES string of the molecule is CCOC(=O)C(C#N)=C(c1ccccc1F)N(Cc1ccccc1)P(=O)(OCC)OCC. The lowest BCUT2D eigenvalue weighted by Gasteiger charge is -2.34. The van der Waals surface area contributed by atoms with Crippen LogP contribution in [0.15, 0.2) is 60.2 Å². The number of carbonyl (C=O) groups excluding carboxylic acids is 1. The fourth-order valence-corrected chi connectivity index (χ4v) is 4.80. The zero-order valence-electron chi connectivity index (χ0n) is 18.3. The number of ether oxygens (including phenoxy) is 1. The quantitative estimate of drug-likeness (QED) is 0.194. The minimum atomic E-state index is -4.11. The fraction of sp³-hybridized carbons (Fsp3) is 0.304. The molecule has 2 aromatic rings. The molecule has 0 fully saturated rings. The van der Waals surface area contributed by atoms with Crippen LogP contribution in [0.4, 0.5) is 4.39 Å². The average Bonchev–Trinajstić information content (AvgIpc) is 2.78. The summed E-state index contributed by atoms with van der Waals surface area (Å²) in [5, 5.41) is 9.86. The molecule has 0 atom stereocenters. The van der Waals surface area contributed by atoms with Crippen LogP contribution in [0.25, 0.3) is 5.70 Å². The lowest BCUT2D eigenvalue weighted by atomic mass is 10.1. The van der Waals surface area contributed by atoms with E-state index < -0.39 is 25.1 Å². The number of benzene rings is 2. The Bertz CT molecular complexity index is 1030. The van der Waals surface area contributed by atoms with Crippen molar-refractivity contribution >= 4 is 19.4 Å². The van der Waals surface area contributed by atoms with Gasteiger partial charge in [-0.15, -0.1) is 0 Å². The Hall–Kier alpha value is -2.98. The fourth-order valence-electron chi connectivity index (χ4n) is 3.00. The van der Waals surface area contributed by atoms with Crippen molar-refractivity contribution in [3.05, 3.63) is 77.1 Å². The Kier molecular flexibility index (Phi) is 9.61. The third-order valence-electron chi connectivity index (χ3n) is 4.27. The van der Waals surface area contributed by atoms with E-state index in [0.29, 0.717) is 5.56 Å². The Labute approximate surface area is 187 Å². The number of esters is 1. The smallest absolute Gasteiger partial charge is 0.435 e. The molecule has 9 heteroatoms. The van der Waals surface area contributed by atoms with Crippen molar-refractivity contribution in [2.24, 2.45) is 0 Å². The summed E-state index contributed by atoms with van der Waals surface area (Å²) in [6.45, 7) is 4.82. The molecular formula is C23H26FN2O5P. The van der Waals surface area contributed by atoms with Crippen LogP contribution < -0.4 is 0 Å². The van der Waals surface area contributed by atoms with Gasteiger partial charge in [0, 0.05) is 5.56 Å². The summed E-state index contributed by atoms with van der Waals surface area (Å²) in [5.74, 6) is -1.68. The second-order valence-electron chi connectivity index (χ2n) is 6.38. The van der Waals surface area contributed by atoms with Crippen LogP contribution >= 0.6 is 7.75 Å². The second kappa shape index (κ2) is 12.2. The summed E-state index contributed by atoms with van der Waals surface area (Å²) in [7, 11) is -4.11. The van der Waals surface area contributed by atoms with E-state index in [1.807, 2.05) is 6.07 Å². The molecule has 0 radical (unpaired) electrons. The van der Waals surface area contributed by atoms with Crippen LogP contribution in [-0.2, 0) is 29.7 Å². The van der Waals surface area contributed by atoms with Gasteiger partial charge in [-0.25, -0.2) is 13.8 Å². The molecule has 0 amide bonds. The molecule has 0 N–H and O–H groups in total. The van der Waals surface area contributed by atoms with Crippen molar-refractivity contribution in [1.29, 1.82) is 5.26 Å². The predicted octanol–water partition coefficient (Wildman–Crippen LogP) is 5.31. The summed E-state index contributed by atoms with van der Waals surface area (Å²) in [6, 6.07) is 16.3. The lowest BCUT2D eigenvalue weighted by molar-refractivity contribution is -0.137. The molecule has 0 saturated carbocycles. The molecule has 0 aliphatic heterocycles. The summed E-state index contributed by atoms with van der Waals surface area (Å²) in [5.41, 5.74) is -0.152. The number of rotatable bonds is 11. The lowest BCUT2D eigenvalue weighted by Crippen LogP contribution is -2.25. The molecule has 7 nitrogen and oxygen atoms in total. The van der Waals surface area contributed by atoms with Crippen LogP contribution in [0.2, 0.25) is 0 Å². The summed E-state index contributed by atoms with van der Waals surface area (Å²) >= 11 is 0. The molecule has 0 saturated heterocycles. The van der Waals surface area contributed by atoms with Gasteiger partial charge in [-0.2, -0.15) is 5.26 Å². The highest BCUT2D eigenvalue weighted by Crippen LogP contribution is 2.57. The first kappa shape index (κ1) is 25.3. The third-order valence-corrected chi connectivity index (χ3v) is 6.37. The number of halogens is 1. The Balaban J connectivity index is 2.87. The second-order valence-corrected chi connectivity index (χ2v) is 8.32. The van der Waals surface area contributed by atoms with Crippen LogP contribution in [0.3, 0.4) is 0 Å². The Morgan fingerprint density at radius 1 is 1.00 bits per heavy atom. The van der Waals surface area contributed by atoms with Crippen LogP contribution in [0.1, 0.15) is 31.9 Å². The van der Waals surface area contributed by atoms with Gasteiger partial charge in [-0.05, 0) is 38.5 Å². The first-order valence-corrected chi connectivity index (χ1v) is 11.7. The van der Waals surface area contributed by atoms with Crippen molar-refractivity contribution in [1.82, 2.24) is 4.67 Å². The maximum Gasteiger partial charge on any atom is 0.435 e. The molecule has 0 spiro atoms.